The molecule has 0 aliphatic rings. The molecule has 1 amide bonds. The molecule has 0 saturated heterocycles. The number of amides is 1. The average Bonchev–Trinajstić information content (AvgIpc) is 3.16. The molecule has 0 spiro atoms. The zero-order valence-corrected chi connectivity index (χ0v) is 16.0. The fraction of sp³-hybridized carbons (Fsp3) is 0.333. The van der Waals surface area contributed by atoms with Gasteiger partial charge in [-0.15, -0.1) is 11.3 Å². The lowest BCUT2D eigenvalue weighted by molar-refractivity contribution is 0.0954. The maximum absolute atomic E-state index is 12.1. The Kier molecular flexibility index (Phi) is 7.76. The van der Waals surface area contributed by atoms with E-state index in [1.165, 1.54) is 4.88 Å². The molecule has 0 saturated carbocycles. The molecule has 7 heteroatoms. The first-order valence-corrected chi connectivity index (χ1v) is 9.38. The molecule has 0 aliphatic heterocycles. The zero-order chi connectivity index (χ0) is 18.1. The minimum Gasteiger partial charge on any atom is -0.356 e. The van der Waals surface area contributed by atoms with Gasteiger partial charge in [0.15, 0.2) is 5.96 Å². The second-order valence-electron chi connectivity index (χ2n) is 5.53. The predicted molar refractivity (Wildman–Crippen MR) is 106 cm³/mol. The van der Waals surface area contributed by atoms with Crippen LogP contribution in [0.15, 0.2) is 46.8 Å². The Labute approximate surface area is 157 Å². The van der Waals surface area contributed by atoms with Gasteiger partial charge in [-0.2, -0.15) is 0 Å². The number of rotatable bonds is 7. The molecule has 1 aromatic carbocycles. The highest BCUT2D eigenvalue weighted by Gasteiger charge is 2.09. The van der Waals surface area contributed by atoms with Crippen molar-refractivity contribution in [2.24, 2.45) is 4.99 Å². The van der Waals surface area contributed by atoms with E-state index in [0.717, 1.165) is 12.5 Å². The third-order valence-electron chi connectivity index (χ3n) is 3.65. The number of nitrogens with one attached hydrogen (secondary N) is 3. The van der Waals surface area contributed by atoms with Gasteiger partial charge in [-0.1, -0.05) is 36.7 Å². The fourth-order valence-electron chi connectivity index (χ4n) is 2.24. The van der Waals surface area contributed by atoms with Crippen LogP contribution in [0, 0.1) is 0 Å². The normalized spacial score (nSPS) is 12.5. The van der Waals surface area contributed by atoms with Gasteiger partial charge >= 0.3 is 0 Å². The van der Waals surface area contributed by atoms with Crippen LogP contribution in [0.25, 0.3) is 0 Å². The van der Waals surface area contributed by atoms with Crippen LogP contribution < -0.4 is 16.0 Å². The third kappa shape index (κ3) is 6.07. The van der Waals surface area contributed by atoms with Crippen LogP contribution in [-0.4, -0.2) is 38.5 Å². The van der Waals surface area contributed by atoms with E-state index < -0.39 is 0 Å². The molecule has 2 rings (SSSR count). The number of hydrogen-bond acceptors (Lipinski definition) is 3. The Balaban J connectivity index is 1.69. The smallest absolute Gasteiger partial charge is 0.252 e. The van der Waals surface area contributed by atoms with Crippen molar-refractivity contribution in [1.29, 1.82) is 0 Å². The molecule has 25 heavy (non-hydrogen) atoms. The maximum atomic E-state index is 12.1. The van der Waals surface area contributed by atoms with E-state index in [9.17, 15) is 4.79 Å². The maximum Gasteiger partial charge on any atom is 0.252 e. The minimum absolute atomic E-state index is 0.179. The Morgan fingerprint density at radius 3 is 2.60 bits per heavy atom. The van der Waals surface area contributed by atoms with Gasteiger partial charge in [0.25, 0.3) is 5.91 Å². The molecule has 3 N–H and O–H groups in total. The fourth-order valence-corrected chi connectivity index (χ4v) is 3.25. The molecule has 0 radical (unpaired) electrons. The number of carbonyl (C=O) groups excluding carboxylic acids is 1. The number of hydrogen-bond donors (Lipinski definition) is 3. The van der Waals surface area contributed by atoms with Crippen LogP contribution in [-0.2, 0) is 0 Å². The number of nitrogens with zero attached hydrogens (tertiary/aromatic N) is 1. The first-order chi connectivity index (χ1) is 12.1. The molecular weight excluding hydrogens is 356 g/mol. The van der Waals surface area contributed by atoms with Gasteiger partial charge in [0.1, 0.15) is 0 Å². The van der Waals surface area contributed by atoms with Crippen LogP contribution in [0.4, 0.5) is 0 Å². The van der Waals surface area contributed by atoms with Gasteiger partial charge in [-0.3, -0.25) is 9.79 Å². The Hall–Kier alpha value is -2.05. The summed E-state index contributed by atoms with van der Waals surface area (Å²) >= 11 is 7.77. The molecule has 1 heterocycles. The van der Waals surface area contributed by atoms with Crippen molar-refractivity contribution in [3.63, 3.8) is 0 Å². The van der Waals surface area contributed by atoms with Crippen molar-refractivity contribution in [2.45, 2.75) is 12.8 Å². The van der Waals surface area contributed by atoms with Crippen molar-refractivity contribution < 1.29 is 4.79 Å². The first kappa shape index (κ1) is 19.3. The molecule has 1 unspecified atom stereocenters. The summed E-state index contributed by atoms with van der Waals surface area (Å²) < 4.78 is 0. The molecule has 0 fully saturated rings. The summed E-state index contributed by atoms with van der Waals surface area (Å²) in [6.07, 6.45) is 0. The van der Waals surface area contributed by atoms with Crippen molar-refractivity contribution in [2.75, 3.05) is 26.7 Å². The lowest BCUT2D eigenvalue weighted by Gasteiger charge is -2.15. The molecular formula is C18H23ClN4OS. The van der Waals surface area contributed by atoms with Crippen LogP contribution >= 0.6 is 22.9 Å². The summed E-state index contributed by atoms with van der Waals surface area (Å²) in [4.78, 5) is 17.6. The zero-order valence-electron chi connectivity index (χ0n) is 14.4. The van der Waals surface area contributed by atoms with E-state index >= 15 is 0 Å². The summed E-state index contributed by atoms with van der Waals surface area (Å²) in [5, 5.41) is 11.9. The summed E-state index contributed by atoms with van der Waals surface area (Å²) in [6, 6.07) is 11.2. The van der Waals surface area contributed by atoms with E-state index in [0.29, 0.717) is 29.6 Å². The second-order valence-corrected chi connectivity index (χ2v) is 6.92. The summed E-state index contributed by atoms with van der Waals surface area (Å²) in [5.41, 5.74) is 0.483. The molecule has 0 bridgehead atoms. The summed E-state index contributed by atoms with van der Waals surface area (Å²) in [5.74, 6) is 0.954. The summed E-state index contributed by atoms with van der Waals surface area (Å²) in [7, 11) is 1.73. The Morgan fingerprint density at radius 1 is 1.16 bits per heavy atom. The van der Waals surface area contributed by atoms with Crippen molar-refractivity contribution in [3.05, 3.63) is 57.2 Å². The van der Waals surface area contributed by atoms with Gasteiger partial charge in [0.05, 0.1) is 10.6 Å². The van der Waals surface area contributed by atoms with Crippen molar-refractivity contribution in [3.8, 4) is 0 Å². The monoisotopic (exact) mass is 378 g/mol. The lowest BCUT2D eigenvalue weighted by Crippen LogP contribution is -2.42. The number of carbonyl (C=O) groups is 1. The van der Waals surface area contributed by atoms with E-state index in [-0.39, 0.29) is 5.91 Å². The number of halogens is 1. The van der Waals surface area contributed by atoms with Gasteiger partial charge in [0, 0.05) is 37.5 Å². The van der Waals surface area contributed by atoms with Gasteiger partial charge < -0.3 is 16.0 Å². The third-order valence-corrected chi connectivity index (χ3v) is 5.08. The number of thiophene rings is 1. The van der Waals surface area contributed by atoms with Crippen LogP contribution in [0.5, 0.6) is 0 Å². The van der Waals surface area contributed by atoms with E-state index in [1.54, 1.807) is 42.6 Å². The quantitative estimate of drug-likeness (QED) is 0.394. The topological polar surface area (TPSA) is 65.5 Å². The summed E-state index contributed by atoms with van der Waals surface area (Å²) in [6.45, 7) is 4.02. The van der Waals surface area contributed by atoms with Crippen molar-refractivity contribution in [1.82, 2.24) is 16.0 Å². The largest absolute Gasteiger partial charge is 0.356 e. The first-order valence-electron chi connectivity index (χ1n) is 8.12. The molecule has 1 atom stereocenters. The van der Waals surface area contributed by atoms with Crippen LogP contribution in [0.2, 0.25) is 5.02 Å². The Morgan fingerprint density at radius 2 is 1.92 bits per heavy atom. The van der Waals surface area contributed by atoms with E-state index in [1.807, 2.05) is 0 Å². The molecule has 2 aromatic rings. The second kappa shape index (κ2) is 10.1. The van der Waals surface area contributed by atoms with Gasteiger partial charge in [-0.05, 0) is 23.6 Å². The van der Waals surface area contributed by atoms with E-state index in [4.69, 9.17) is 11.6 Å². The lowest BCUT2D eigenvalue weighted by atomic mass is 10.1. The predicted octanol–water partition coefficient (Wildman–Crippen LogP) is 3.10. The average molecular weight is 379 g/mol. The van der Waals surface area contributed by atoms with Crippen molar-refractivity contribution >= 4 is 34.8 Å². The van der Waals surface area contributed by atoms with Gasteiger partial charge in [-0.25, -0.2) is 0 Å². The number of aliphatic imine (C=N–C) groups is 1. The molecule has 1 aromatic heterocycles. The number of guanidine groups is 1. The standard InChI is InChI=1S/C18H23ClN4OS/c1-13(16-8-5-11-25-16)12-23-18(20-2)22-10-9-21-17(24)14-6-3-4-7-15(14)19/h3-8,11,13H,9-10,12H2,1-2H3,(H,21,24)(H2,20,22,23). The van der Waals surface area contributed by atoms with Gasteiger partial charge in [0.2, 0.25) is 0 Å². The highest BCUT2D eigenvalue weighted by atomic mass is 35.5. The number of benzene rings is 1. The molecule has 0 aliphatic carbocycles. The van der Waals surface area contributed by atoms with E-state index in [2.05, 4.69) is 45.4 Å². The molecule has 134 valence electrons. The minimum atomic E-state index is -0.179. The Bertz CT molecular complexity index is 703. The highest BCUT2D eigenvalue weighted by Crippen LogP contribution is 2.19. The molecule has 5 nitrogen and oxygen atoms in total. The van der Waals surface area contributed by atoms with Crippen LogP contribution in [0.3, 0.4) is 0 Å². The highest BCUT2D eigenvalue weighted by molar-refractivity contribution is 7.10. The van der Waals surface area contributed by atoms with Crippen LogP contribution in [0.1, 0.15) is 28.1 Å². The SMILES string of the molecule is CN=C(NCCNC(=O)c1ccccc1Cl)NCC(C)c1cccs1.